The lowest BCUT2D eigenvalue weighted by Crippen LogP contribution is -2.36. The van der Waals surface area contributed by atoms with Gasteiger partial charge in [0.1, 0.15) is 5.82 Å². The highest BCUT2D eigenvalue weighted by molar-refractivity contribution is 5.26. The molecule has 1 N–H and O–H groups in total. The Morgan fingerprint density at radius 1 is 1.50 bits per heavy atom. The Morgan fingerprint density at radius 2 is 2.38 bits per heavy atom. The molecule has 1 aliphatic rings. The summed E-state index contributed by atoms with van der Waals surface area (Å²) in [5, 5.41) is 3.41. The fourth-order valence-electron chi connectivity index (χ4n) is 1.99. The van der Waals surface area contributed by atoms with E-state index in [0.29, 0.717) is 6.04 Å². The molecule has 1 heterocycles. The molecule has 0 amide bonds. The van der Waals surface area contributed by atoms with Crippen molar-refractivity contribution in [1.29, 1.82) is 0 Å². The van der Waals surface area contributed by atoms with Crippen molar-refractivity contribution in [3.05, 3.63) is 35.1 Å². The summed E-state index contributed by atoms with van der Waals surface area (Å²) in [7, 11) is 0. The molecular weight excluding hydrogens is 205 g/mol. The number of benzene rings is 1. The van der Waals surface area contributed by atoms with Crippen LogP contribution in [0.4, 0.5) is 4.39 Å². The number of aryl methyl sites for hydroxylation is 1. The molecule has 0 spiro atoms. The summed E-state index contributed by atoms with van der Waals surface area (Å²) in [4.78, 5) is 0. The molecule has 1 unspecified atom stereocenters. The Kier molecular flexibility index (Phi) is 3.91. The average molecular weight is 223 g/mol. The number of halogens is 1. The van der Waals surface area contributed by atoms with Crippen LogP contribution < -0.4 is 5.32 Å². The van der Waals surface area contributed by atoms with E-state index >= 15 is 0 Å². The largest absolute Gasteiger partial charge is 0.380 e. The molecule has 0 aromatic heterocycles. The van der Waals surface area contributed by atoms with E-state index in [0.717, 1.165) is 43.7 Å². The normalized spacial score (nSPS) is 21.0. The Bertz CT molecular complexity index is 348. The van der Waals surface area contributed by atoms with Gasteiger partial charge in [0.25, 0.3) is 0 Å². The van der Waals surface area contributed by atoms with Crippen molar-refractivity contribution in [1.82, 2.24) is 5.32 Å². The first-order valence-corrected chi connectivity index (χ1v) is 5.82. The van der Waals surface area contributed by atoms with Crippen LogP contribution in [-0.2, 0) is 11.3 Å². The summed E-state index contributed by atoms with van der Waals surface area (Å²) >= 11 is 0. The van der Waals surface area contributed by atoms with Crippen molar-refractivity contribution < 1.29 is 9.13 Å². The van der Waals surface area contributed by atoms with Gasteiger partial charge < -0.3 is 10.1 Å². The van der Waals surface area contributed by atoms with Crippen LogP contribution in [0.25, 0.3) is 0 Å². The Balaban J connectivity index is 1.90. The second kappa shape index (κ2) is 5.41. The van der Waals surface area contributed by atoms with Crippen molar-refractivity contribution in [2.75, 3.05) is 13.2 Å². The summed E-state index contributed by atoms with van der Waals surface area (Å²) in [6.45, 7) is 4.37. The molecule has 88 valence electrons. The zero-order valence-electron chi connectivity index (χ0n) is 9.63. The topological polar surface area (TPSA) is 21.3 Å². The van der Waals surface area contributed by atoms with Crippen LogP contribution in [0.2, 0.25) is 0 Å². The highest BCUT2D eigenvalue weighted by Gasteiger charge is 2.13. The van der Waals surface area contributed by atoms with Gasteiger partial charge in [0.15, 0.2) is 0 Å². The molecule has 1 aromatic rings. The standard InChI is InChI=1S/C13H18FNO/c1-10-4-5-12(14)7-11(10)8-15-13-3-2-6-16-9-13/h4-5,7,13,15H,2-3,6,8-9H2,1H3. The maximum Gasteiger partial charge on any atom is 0.123 e. The Morgan fingerprint density at radius 3 is 3.12 bits per heavy atom. The summed E-state index contributed by atoms with van der Waals surface area (Å²) in [6.07, 6.45) is 2.26. The number of hydrogen-bond acceptors (Lipinski definition) is 2. The van der Waals surface area contributed by atoms with E-state index in [-0.39, 0.29) is 5.82 Å². The third-order valence-electron chi connectivity index (χ3n) is 3.05. The third-order valence-corrected chi connectivity index (χ3v) is 3.05. The number of rotatable bonds is 3. The number of ether oxygens (including phenoxy) is 1. The van der Waals surface area contributed by atoms with Crippen molar-refractivity contribution in [2.24, 2.45) is 0 Å². The fourth-order valence-corrected chi connectivity index (χ4v) is 1.99. The molecule has 1 fully saturated rings. The van der Waals surface area contributed by atoms with Gasteiger partial charge in [-0.3, -0.25) is 0 Å². The van der Waals surface area contributed by atoms with Gasteiger partial charge in [0.05, 0.1) is 6.61 Å². The predicted molar refractivity (Wildman–Crippen MR) is 61.8 cm³/mol. The van der Waals surface area contributed by atoms with Crippen molar-refractivity contribution in [3.63, 3.8) is 0 Å². The highest BCUT2D eigenvalue weighted by Crippen LogP contribution is 2.12. The van der Waals surface area contributed by atoms with E-state index in [4.69, 9.17) is 4.74 Å². The first kappa shape index (κ1) is 11.6. The predicted octanol–water partition coefficient (Wildman–Crippen LogP) is 2.40. The molecule has 1 atom stereocenters. The average Bonchev–Trinajstić information content (AvgIpc) is 2.32. The molecule has 3 heteroatoms. The Labute approximate surface area is 95.8 Å². The smallest absolute Gasteiger partial charge is 0.123 e. The second-order valence-corrected chi connectivity index (χ2v) is 4.37. The summed E-state index contributed by atoms with van der Waals surface area (Å²) < 4.78 is 18.4. The maximum atomic E-state index is 13.1. The zero-order chi connectivity index (χ0) is 11.4. The Hall–Kier alpha value is -0.930. The molecule has 2 nitrogen and oxygen atoms in total. The van der Waals surface area contributed by atoms with Crippen molar-refractivity contribution in [3.8, 4) is 0 Å². The number of hydrogen-bond donors (Lipinski definition) is 1. The van der Waals surface area contributed by atoms with E-state index in [2.05, 4.69) is 5.32 Å². The van der Waals surface area contributed by atoms with Crippen molar-refractivity contribution >= 4 is 0 Å². The maximum absolute atomic E-state index is 13.1. The van der Waals surface area contributed by atoms with Gasteiger partial charge >= 0.3 is 0 Å². The lowest BCUT2D eigenvalue weighted by Gasteiger charge is -2.23. The molecule has 1 aliphatic heterocycles. The minimum Gasteiger partial charge on any atom is -0.380 e. The van der Waals surface area contributed by atoms with Crippen LogP contribution in [0.15, 0.2) is 18.2 Å². The van der Waals surface area contributed by atoms with Gasteiger partial charge in [-0.05, 0) is 43.0 Å². The van der Waals surface area contributed by atoms with Gasteiger partial charge in [-0.2, -0.15) is 0 Å². The molecule has 0 saturated carbocycles. The van der Waals surface area contributed by atoms with Crippen LogP contribution in [0, 0.1) is 12.7 Å². The van der Waals surface area contributed by atoms with Crippen LogP contribution in [-0.4, -0.2) is 19.3 Å². The molecule has 1 saturated heterocycles. The van der Waals surface area contributed by atoms with Crippen LogP contribution in [0.1, 0.15) is 24.0 Å². The molecule has 0 radical (unpaired) electrons. The molecule has 2 rings (SSSR count). The molecule has 0 bridgehead atoms. The van der Waals surface area contributed by atoms with Gasteiger partial charge in [0, 0.05) is 19.2 Å². The summed E-state index contributed by atoms with van der Waals surface area (Å²) in [5.74, 6) is -0.165. The zero-order valence-corrected chi connectivity index (χ0v) is 9.63. The van der Waals surface area contributed by atoms with Gasteiger partial charge in [-0.25, -0.2) is 4.39 Å². The van der Waals surface area contributed by atoms with E-state index in [1.807, 2.05) is 13.0 Å². The minimum atomic E-state index is -0.165. The molecular formula is C13H18FNO. The monoisotopic (exact) mass is 223 g/mol. The van der Waals surface area contributed by atoms with E-state index in [1.54, 1.807) is 6.07 Å². The third kappa shape index (κ3) is 3.03. The molecule has 16 heavy (non-hydrogen) atoms. The minimum absolute atomic E-state index is 0.165. The van der Waals surface area contributed by atoms with Crippen LogP contribution in [0.5, 0.6) is 0 Å². The van der Waals surface area contributed by atoms with E-state index in [1.165, 1.54) is 6.07 Å². The van der Waals surface area contributed by atoms with Gasteiger partial charge in [-0.15, -0.1) is 0 Å². The second-order valence-electron chi connectivity index (χ2n) is 4.37. The van der Waals surface area contributed by atoms with Gasteiger partial charge in [0.2, 0.25) is 0 Å². The number of nitrogens with one attached hydrogen (secondary N) is 1. The lowest BCUT2D eigenvalue weighted by atomic mass is 10.1. The van der Waals surface area contributed by atoms with E-state index in [9.17, 15) is 4.39 Å². The van der Waals surface area contributed by atoms with Crippen molar-refractivity contribution in [2.45, 2.75) is 32.4 Å². The molecule has 1 aromatic carbocycles. The first-order valence-electron chi connectivity index (χ1n) is 5.82. The summed E-state index contributed by atoms with van der Waals surface area (Å²) in [6, 6.07) is 5.34. The quantitative estimate of drug-likeness (QED) is 0.849. The van der Waals surface area contributed by atoms with Gasteiger partial charge in [-0.1, -0.05) is 6.07 Å². The highest BCUT2D eigenvalue weighted by atomic mass is 19.1. The molecule has 0 aliphatic carbocycles. The van der Waals surface area contributed by atoms with Crippen LogP contribution >= 0.6 is 0 Å². The van der Waals surface area contributed by atoms with E-state index < -0.39 is 0 Å². The SMILES string of the molecule is Cc1ccc(F)cc1CNC1CCCOC1. The summed E-state index contributed by atoms with van der Waals surface area (Å²) in [5.41, 5.74) is 2.16. The lowest BCUT2D eigenvalue weighted by molar-refractivity contribution is 0.0699. The fraction of sp³-hybridized carbons (Fsp3) is 0.538. The first-order chi connectivity index (χ1) is 7.75. The van der Waals surface area contributed by atoms with Crippen LogP contribution in [0.3, 0.4) is 0 Å².